The van der Waals surface area contributed by atoms with Gasteiger partial charge in [-0.05, 0) is 31.7 Å². The predicted octanol–water partition coefficient (Wildman–Crippen LogP) is 0.843. The van der Waals surface area contributed by atoms with Crippen molar-refractivity contribution in [1.82, 2.24) is 15.3 Å². The van der Waals surface area contributed by atoms with Crippen molar-refractivity contribution in [3.05, 3.63) is 18.0 Å². The summed E-state index contributed by atoms with van der Waals surface area (Å²) >= 11 is 0. The maximum atomic E-state index is 12.1. The van der Waals surface area contributed by atoms with Gasteiger partial charge in [0.25, 0.3) is 0 Å². The van der Waals surface area contributed by atoms with Crippen molar-refractivity contribution in [1.29, 1.82) is 5.26 Å². The average Bonchev–Trinajstić information content (AvgIpc) is 3.31. The first-order valence-corrected chi connectivity index (χ1v) is 7.05. The molecule has 2 fully saturated rings. The molecule has 1 aliphatic heterocycles. The molecule has 0 spiro atoms. The van der Waals surface area contributed by atoms with Gasteiger partial charge in [-0.25, -0.2) is 9.97 Å². The second-order valence-electron chi connectivity index (χ2n) is 5.42. The van der Waals surface area contributed by atoms with Crippen LogP contribution in [-0.2, 0) is 4.79 Å². The highest BCUT2D eigenvalue weighted by molar-refractivity contribution is 5.80. The van der Waals surface area contributed by atoms with Gasteiger partial charge in [-0.15, -0.1) is 0 Å². The Hall–Kier alpha value is -2.16. The lowest BCUT2D eigenvalue weighted by molar-refractivity contribution is -0.125. The highest BCUT2D eigenvalue weighted by atomic mass is 16.2. The Kier molecular flexibility index (Phi) is 3.50. The number of piperidine rings is 1. The van der Waals surface area contributed by atoms with Crippen LogP contribution >= 0.6 is 0 Å². The lowest BCUT2D eigenvalue weighted by Gasteiger charge is -2.32. The molecule has 2 heterocycles. The second kappa shape index (κ2) is 5.45. The van der Waals surface area contributed by atoms with Crippen LogP contribution in [-0.4, -0.2) is 35.0 Å². The van der Waals surface area contributed by atoms with Crippen LogP contribution in [0.3, 0.4) is 0 Å². The molecule has 1 atom stereocenters. The lowest BCUT2D eigenvalue weighted by atomic mass is 9.97. The number of nitriles is 1. The van der Waals surface area contributed by atoms with Crippen LogP contribution in [0.25, 0.3) is 0 Å². The molecule has 1 aromatic heterocycles. The highest BCUT2D eigenvalue weighted by Gasteiger charge is 2.31. The number of hydrogen-bond acceptors (Lipinski definition) is 5. The fourth-order valence-electron chi connectivity index (χ4n) is 2.48. The average molecular weight is 271 g/mol. The standard InChI is InChI=1S/C14H17N5O/c15-8-12-5-6-16-14(18-12)19-7-1-2-10(9-19)13(20)17-11-3-4-11/h5-6,10-11H,1-4,7,9H2,(H,17,20). The first-order valence-electron chi connectivity index (χ1n) is 7.05. The number of aromatic nitrogens is 2. The van der Waals surface area contributed by atoms with Crippen molar-refractivity contribution in [2.24, 2.45) is 5.92 Å². The molecule has 0 bridgehead atoms. The summed E-state index contributed by atoms with van der Waals surface area (Å²) in [4.78, 5) is 22.5. The molecule has 104 valence electrons. The van der Waals surface area contributed by atoms with E-state index in [-0.39, 0.29) is 11.8 Å². The number of carbonyl (C=O) groups excluding carboxylic acids is 1. The summed E-state index contributed by atoms with van der Waals surface area (Å²) in [6, 6.07) is 4.00. The van der Waals surface area contributed by atoms with Gasteiger partial charge in [-0.1, -0.05) is 0 Å². The molecule has 1 unspecified atom stereocenters. The van der Waals surface area contributed by atoms with Crippen molar-refractivity contribution >= 4 is 11.9 Å². The molecule has 1 aliphatic carbocycles. The highest BCUT2D eigenvalue weighted by Crippen LogP contribution is 2.23. The number of nitrogens with zero attached hydrogens (tertiary/aromatic N) is 4. The Bertz CT molecular complexity index is 549. The number of amides is 1. The lowest BCUT2D eigenvalue weighted by Crippen LogP contribution is -2.44. The van der Waals surface area contributed by atoms with Crippen molar-refractivity contribution in [2.45, 2.75) is 31.7 Å². The summed E-state index contributed by atoms with van der Waals surface area (Å²) in [5, 5.41) is 11.9. The number of hydrogen-bond donors (Lipinski definition) is 1. The quantitative estimate of drug-likeness (QED) is 0.881. The van der Waals surface area contributed by atoms with Gasteiger partial charge in [0.2, 0.25) is 11.9 Å². The van der Waals surface area contributed by atoms with Crippen LogP contribution in [0.15, 0.2) is 12.3 Å². The van der Waals surface area contributed by atoms with E-state index in [1.807, 2.05) is 11.0 Å². The van der Waals surface area contributed by atoms with Crippen LogP contribution in [0.2, 0.25) is 0 Å². The van der Waals surface area contributed by atoms with Crippen LogP contribution < -0.4 is 10.2 Å². The van der Waals surface area contributed by atoms with E-state index in [1.165, 1.54) is 0 Å². The second-order valence-corrected chi connectivity index (χ2v) is 5.42. The third kappa shape index (κ3) is 2.87. The first kappa shape index (κ1) is 12.9. The van der Waals surface area contributed by atoms with Gasteiger partial charge >= 0.3 is 0 Å². The van der Waals surface area contributed by atoms with Crippen LogP contribution in [0, 0.1) is 17.2 Å². The summed E-state index contributed by atoms with van der Waals surface area (Å²) in [5.74, 6) is 0.695. The number of rotatable bonds is 3. The van der Waals surface area contributed by atoms with E-state index in [0.29, 0.717) is 24.2 Å². The molecule has 1 amide bonds. The zero-order valence-corrected chi connectivity index (χ0v) is 11.2. The SMILES string of the molecule is N#Cc1ccnc(N2CCCC(C(=O)NC3CC3)C2)n1. The topological polar surface area (TPSA) is 81.9 Å². The molecule has 1 saturated carbocycles. The number of carbonyl (C=O) groups is 1. The minimum absolute atomic E-state index is 0.00121. The Morgan fingerprint density at radius 1 is 1.45 bits per heavy atom. The van der Waals surface area contributed by atoms with Crippen LogP contribution in [0.5, 0.6) is 0 Å². The Morgan fingerprint density at radius 3 is 3.05 bits per heavy atom. The molecule has 1 aromatic rings. The van der Waals surface area contributed by atoms with Crippen LogP contribution in [0.4, 0.5) is 5.95 Å². The maximum absolute atomic E-state index is 12.1. The van der Waals surface area contributed by atoms with Gasteiger partial charge in [-0.3, -0.25) is 4.79 Å². The van der Waals surface area contributed by atoms with Gasteiger partial charge in [0.1, 0.15) is 11.8 Å². The molecular formula is C14H17N5O. The van der Waals surface area contributed by atoms with E-state index in [9.17, 15) is 4.79 Å². The third-order valence-electron chi connectivity index (χ3n) is 3.76. The zero-order chi connectivity index (χ0) is 13.9. The smallest absolute Gasteiger partial charge is 0.226 e. The fourth-order valence-corrected chi connectivity index (χ4v) is 2.48. The van der Waals surface area contributed by atoms with E-state index in [0.717, 1.165) is 32.2 Å². The normalized spacial score (nSPS) is 22.1. The minimum Gasteiger partial charge on any atom is -0.353 e. The summed E-state index contributed by atoms with van der Waals surface area (Å²) < 4.78 is 0. The maximum Gasteiger partial charge on any atom is 0.226 e. The molecule has 0 aromatic carbocycles. The Balaban J connectivity index is 1.67. The molecular weight excluding hydrogens is 254 g/mol. The van der Waals surface area contributed by atoms with E-state index in [1.54, 1.807) is 12.3 Å². The van der Waals surface area contributed by atoms with Crippen LogP contribution in [0.1, 0.15) is 31.4 Å². The van der Waals surface area contributed by atoms with Crippen molar-refractivity contribution in [3.63, 3.8) is 0 Å². The van der Waals surface area contributed by atoms with E-state index in [4.69, 9.17) is 5.26 Å². The van der Waals surface area contributed by atoms with Gasteiger partial charge in [-0.2, -0.15) is 5.26 Å². The molecule has 2 aliphatic rings. The summed E-state index contributed by atoms with van der Waals surface area (Å²) in [6.45, 7) is 1.47. The summed E-state index contributed by atoms with van der Waals surface area (Å²) in [5.41, 5.74) is 0.361. The molecule has 1 N–H and O–H groups in total. The molecule has 0 radical (unpaired) electrons. The minimum atomic E-state index is -0.00121. The number of anilines is 1. The van der Waals surface area contributed by atoms with E-state index >= 15 is 0 Å². The summed E-state index contributed by atoms with van der Waals surface area (Å²) in [6.07, 6.45) is 5.66. The largest absolute Gasteiger partial charge is 0.353 e. The van der Waals surface area contributed by atoms with E-state index < -0.39 is 0 Å². The zero-order valence-electron chi connectivity index (χ0n) is 11.2. The van der Waals surface area contributed by atoms with Crippen molar-refractivity contribution in [3.8, 4) is 6.07 Å². The number of nitrogens with one attached hydrogen (secondary N) is 1. The first-order chi connectivity index (χ1) is 9.76. The van der Waals surface area contributed by atoms with Gasteiger partial charge in [0.15, 0.2) is 0 Å². The summed E-state index contributed by atoms with van der Waals surface area (Å²) in [7, 11) is 0. The van der Waals surface area contributed by atoms with Crippen molar-refractivity contribution < 1.29 is 4.79 Å². The third-order valence-corrected chi connectivity index (χ3v) is 3.76. The van der Waals surface area contributed by atoms with Gasteiger partial charge in [0, 0.05) is 25.3 Å². The molecule has 6 heteroatoms. The van der Waals surface area contributed by atoms with Crippen molar-refractivity contribution in [2.75, 3.05) is 18.0 Å². The Morgan fingerprint density at radius 2 is 2.30 bits per heavy atom. The molecule has 1 saturated heterocycles. The predicted molar refractivity (Wildman–Crippen MR) is 72.8 cm³/mol. The Labute approximate surface area is 117 Å². The van der Waals surface area contributed by atoms with Gasteiger partial charge in [0.05, 0.1) is 5.92 Å². The molecule has 20 heavy (non-hydrogen) atoms. The fraction of sp³-hybridized carbons (Fsp3) is 0.571. The molecule has 3 rings (SSSR count). The van der Waals surface area contributed by atoms with Gasteiger partial charge < -0.3 is 10.2 Å². The molecule has 6 nitrogen and oxygen atoms in total. The van der Waals surface area contributed by atoms with E-state index in [2.05, 4.69) is 15.3 Å². The monoisotopic (exact) mass is 271 g/mol.